The molecule has 1 heterocycles. The largest absolute Gasteiger partial charge is 0.479 e. The van der Waals surface area contributed by atoms with Crippen LogP contribution in [0.1, 0.15) is 45.1 Å². The predicted octanol–water partition coefficient (Wildman–Crippen LogP) is 4.05. The van der Waals surface area contributed by atoms with Gasteiger partial charge in [-0.1, -0.05) is 30.5 Å². The molecule has 7 heteroatoms. The number of hydrogen-bond donors (Lipinski definition) is 2. The number of benzene rings is 1. The number of hydrogen-bond acceptors (Lipinski definition) is 4. The van der Waals surface area contributed by atoms with E-state index in [0.717, 1.165) is 30.6 Å². The summed E-state index contributed by atoms with van der Waals surface area (Å²) in [4.78, 5) is 25.6. The maximum absolute atomic E-state index is 13.1. The quantitative estimate of drug-likeness (QED) is 0.781. The molecule has 1 aliphatic carbocycles. The smallest absolute Gasteiger partial charge is 0.331 e. The molecule has 0 unspecified atom stereocenters. The van der Waals surface area contributed by atoms with Crippen LogP contribution in [0.4, 0.5) is 5.69 Å². The van der Waals surface area contributed by atoms with Crippen LogP contribution in [0, 0.1) is 6.92 Å². The number of aromatic nitrogens is 2. The van der Waals surface area contributed by atoms with Gasteiger partial charge in [0.15, 0.2) is 5.54 Å². The van der Waals surface area contributed by atoms with Crippen LogP contribution in [0.25, 0.3) is 0 Å². The van der Waals surface area contributed by atoms with Gasteiger partial charge < -0.3 is 10.4 Å². The van der Waals surface area contributed by atoms with Gasteiger partial charge in [0.2, 0.25) is 5.91 Å². The highest BCUT2D eigenvalue weighted by molar-refractivity contribution is 8.01. The monoisotopic (exact) mass is 387 g/mol. The third-order valence-corrected chi connectivity index (χ3v) is 6.59. The highest BCUT2D eigenvalue weighted by Crippen LogP contribution is 2.46. The summed E-state index contributed by atoms with van der Waals surface area (Å²) in [5, 5.41) is 16.4. The summed E-state index contributed by atoms with van der Waals surface area (Å²) in [6.07, 6.45) is 6.78. The first-order chi connectivity index (χ1) is 12.7. The Kier molecular flexibility index (Phi) is 5.33. The Morgan fingerprint density at radius 3 is 2.44 bits per heavy atom. The van der Waals surface area contributed by atoms with E-state index < -0.39 is 16.3 Å². The molecule has 1 aromatic heterocycles. The molecule has 1 fully saturated rings. The van der Waals surface area contributed by atoms with E-state index in [9.17, 15) is 14.7 Å². The lowest BCUT2D eigenvalue weighted by molar-refractivity contribution is -0.146. The molecule has 2 N–H and O–H groups in total. The normalized spacial score (nSPS) is 16.3. The number of anilines is 1. The number of aliphatic carboxylic acids is 1. The molecular formula is C20H25N3O3S. The minimum Gasteiger partial charge on any atom is -0.479 e. The fraction of sp³-hybridized carbons (Fsp3) is 0.450. The van der Waals surface area contributed by atoms with Crippen molar-refractivity contribution in [2.45, 2.75) is 61.6 Å². The standard InChI is InChI=1S/C20H25N3O3S/c1-14-6-8-16(9-7-14)27-20(10-4-5-11-20)17(24)22-15-12-21-23(13-15)19(2,3)18(25)26/h6-9,12-13H,4-5,10-11H2,1-3H3,(H,22,24)(H,25,26). The Bertz CT molecular complexity index is 836. The zero-order chi connectivity index (χ0) is 19.7. The number of rotatable bonds is 6. The van der Waals surface area contributed by atoms with Crippen LogP contribution in [0.2, 0.25) is 0 Å². The van der Waals surface area contributed by atoms with Gasteiger partial charge in [0, 0.05) is 11.1 Å². The zero-order valence-corrected chi connectivity index (χ0v) is 16.7. The maximum Gasteiger partial charge on any atom is 0.331 e. The molecule has 2 aromatic rings. The number of nitrogens with zero attached hydrogens (tertiary/aromatic N) is 2. The van der Waals surface area contributed by atoms with Gasteiger partial charge >= 0.3 is 5.97 Å². The van der Waals surface area contributed by atoms with E-state index in [1.54, 1.807) is 31.8 Å². The second-order valence-electron chi connectivity index (χ2n) is 7.61. The number of carbonyl (C=O) groups excluding carboxylic acids is 1. The molecule has 0 aliphatic heterocycles. The lowest BCUT2D eigenvalue weighted by Gasteiger charge is -2.27. The molecular weight excluding hydrogens is 362 g/mol. The molecule has 1 aromatic carbocycles. The summed E-state index contributed by atoms with van der Waals surface area (Å²) in [5.41, 5.74) is 0.535. The van der Waals surface area contributed by atoms with Crippen molar-refractivity contribution in [3.05, 3.63) is 42.2 Å². The molecule has 6 nitrogen and oxygen atoms in total. The van der Waals surface area contributed by atoms with Crippen molar-refractivity contribution >= 4 is 29.3 Å². The summed E-state index contributed by atoms with van der Waals surface area (Å²) < 4.78 is 0.860. The molecule has 1 saturated carbocycles. The Labute approximate surface area is 163 Å². The molecule has 1 aliphatic rings. The number of nitrogens with one attached hydrogen (secondary N) is 1. The summed E-state index contributed by atoms with van der Waals surface area (Å²) in [6.45, 7) is 5.18. The number of amides is 1. The van der Waals surface area contributed by atoms with Gasteiger partial charge in [0.1, 0.15) is 0 Å². The average molecular weight is 388 g/mol. The van der Waals surface area contributed by atoms with Gasteiger partial charge in [-0.25, -0.2) is 4.79 Å². The van der Waals surface area contributed by atoms with Crippen molar-refractivity contribution in [3.8, 4) is 0 Å². The minimum absolute atomic E-state index is 0.0433. The van der Waals surface area contributed by atoms with Crippen LogP contribution in [0.15, 0.2) is 41.6 Å². The molecule has 0 atom stereocenters. The fourth-order valence-corrected chi connectivity index (χ4v) is 4.55. The van der Waals surface area contributed by atoms with Gasteiger partial charge in [-0.2, -0.15) is 5.10 Å². The van der Waals surface area contributed by atoms with Gasteiger partial charge in [0.05, 0.1) is 16.6 Å². The highest BCUT2D eigenvalue weighted by Gasteiger charge is 2.42. The van der Waals surface area contributed by atoms with E-state index in [2.05, 4.69) is 34.7 Å². The Morgan fingerprint density at radius 2 is 1.85 bits per heavy atom. The summed E-state index contributed by atoms with van der Waals surface area (Å²) in [6, 6.07) is 8.23. The van der Waals surface area contributed by atoms with E-state index in [0.29, 0.717) is 5.69 Å². The lowest BCUT2D eigenvalue weighted by atomic mass is 10.1. The second-order valence-corrected chi connectivity index (χ2v) is 9.07. The van der Waals surface area contributed by atoms with Crippen LogP contribution < -0.4 is 5.32 Å². The van der Waals surface area contributed by atoms with Crippen molar-refractivity contribution in [2.75, 3.05) is 5.32 Å². The summed E-state index contributed by atoms with van der Waals surface area (Å²) in [5.74, 6) is -1.02. The highest BCUT2D eigenvalue weighted by atomic mass is 32.2. The van der Waals surface area contributed by atoms with Crippen molar-refractivity contribution in [1.82, 2.24) is 9.78 Å². The molecule has 144 valence electrons. The SMILES string of the molecule is Cc1ccc(SC2(C(=O)Nc3cnn(C(C)(C)C(=O)O)c3)CCCC2)cc1. The molecule has 1 amide bonds. The molecule has 27 heavy (non-hydrogen) atoms. The Balaban J connectivity index is 1.77. The maximum atomic E-state index is 13.1. The summed E-state index contributed by atoms with van der Waals surface area (Å²) in [7, 11) is 0. The Hall–Kier alpha value is -2.28. The fourth-order valence-electron chi connectivity index (χ4n) is 3.19. The van der Waals surface area contributed by atoms with E-state index in [1.165, 1.54) is 16.4 Å². The van der Waals surface area contributed by atoms with Crippen LogP contribution >= 0.6 is 11.8 Å². The van der Waals surface area contributed by atoms with E-state index >= 15 is 0 Å². The van der Waals surface area contributed by atoms with E-state index in [4.69, 9.17) is 0 Å². The number of carboxylic acids is 1. The van der Waals surface area contributed by atoms with E-state index in [-0.39, 0.29) is 5.91 Å². The van der Waals surface area contributed by atoms with E-state index in [1.807, 2.05) is 6.92 Å². The first-order valence-corrected chi connectivity index (χ1v) is 9.90. The minimum atomic E-state index is -1.18. The third-order valence-electron chi connectivity index (χ3n) is 5.10. The van der Waals surface area contributed by atoms with Gasteiger partial charge in [-0.3, -0.25) is 9.48 Å². The predicted molar refractivity (Wildman–Crippen MR) is 106 cm³/mol. The van der Waals surface area contributed by atoms with Gasteiger partial charge in [-0.15, -0.1) is 11.8 Å². The van der Waals surface area contributed by atoms with Crippen molar-refractivity contribution in [2.24, 2.45) is 0 Å². The zero-order valence-electron chi connectivity index (χ0n) is 15.9. The number of thioether (sulfide) groups is 1. The van der Waals surface area contributed by atoms with Crippen LogP contribution in [0.3, 0.4) is 0 Å². The Morgan fingerprint density at radius 1 is 1.22 bits per heavy atom. The number of aryl methyl sites for hydroxylation is 1. The van der Waals surface area contributed by atoms with Crippen LogP contribution in [0.5, 0.6) is 0 Å². The second kappa shape index (κ2) is 7.38. The summed E-state index contributed by atoms with van der Waals surface area (Å²) >= 11 is 1.62. The van der Waals surface area contributed by atoms with Crippen molar-refractivity contribution in [1.29, 1.82) is 0 Å². The molecule has 0 saturated heterocycles. The van der Waals surface area contributed by atoms with Gasteiger partial charge in [0.25, 0.3) is 0 Å². The number of carbonyl (C=O) groups is 2. The first kappa shape index (κ1) is 19.5. The topological polar surface area (TPSA) is 84.2 Å². The molecule has 0 radical (unpaired) electrons. The van der Waals surface area contributed by atoms with Gasteiger partial charge in [-0.05, 0) is 45.7 Å². The molecule has 3 rings (SSSR count). The van der Waals surface area contributed by atoms with Crippen LogP contribution in [-0.2, 0) is 15.1 Å². The lowest BCUT2D eigenvalue weighted by Crippen LogP contribution is -2.37. The van der Waals surface area contributed by atoms with Crippen molar-refractivity contribution in [3.63, 3.8) is 0 Å². The third kappa shape index (κ3) is 4.03. The average Bonchev–Trinajstić information content (AvgIpc) is 3.27. The number of carboxylic acid groups (broad SMARTS) is 1. The molecule has 0 bridgehead atoms. The molecule has 0 spiro atoms. The van der Waals surface area contributed by atoms with Crippen molar-refractivity contribution < 1.29 is 14.7 Å². The first-order valence-electron chi connectivity index (χ1n) is 9.09. The van der Waals surface area contributed by atoms with Crippen LogP contribution in [-0.4, -0.2) is 31.5 Å².